The fraction of sp³-hybridized carbons (Fsp3) is 0. The number of phenols is 1. The first-order chi connectivity index (χ1) is 5.15. The predicted octanol–water partition coefficient (Wildman–Crippen LogP) is 2.57. The van der Waals surface area contributed by atoms with Crippen LogP contribution in [0.1, 0.15) is 10.4 Å². The Hall–Kier alpha value is -0.100. The number of hydrogen-bond donors (Lipinski definition) is 1. The molecule has 0 atom stereocenters. The monoisotopic (exact) mass is 326 g/mol. The van der Waals surface area contributed by atoms with E-state index in [0.717, 1.165) is 4.47 Å². The van der Waals surface area contributed by atoms with Crippen molar-refractivity contribution in [3.63, 3.8) is 0 Å². The standard InChI is InChI=1S/C7H4BrIO2/c8-5-1-4(3-10)7(11)6(9)2-5/h1-3,11H. The SMILES string of the molecule is O=Cc1cc(Br)cc(I)c1O. The molecular weight excluding hydrogens is 323 g/mol. The summed E-state index contributed by atoms with van der Waals surface area (Å²) in [5.74, 6) is 0.0452. The zero-order chi connectivity index (χ0) is 8.43. The van der Waals surface area contributed by atoms with Crippen molar-refractivity contribution in [3.05, 3.63) is 25.7 Å². The molecule has 0 saturated heterocycles. The molecule has 0 fully saturated rings. The van der Waals surface area contributed by atoms with Crippen molar-refractivity contribution in [3.8, 4) is 5.75 Å². The number of hydrogen-bond acceptors (Lipinski definition) is 2. The van der Waals surface area contributed by atoms with Crippen molar-refractivity contribution in [2.24, 2.45) is 0 Å². The highest BCUT2D eigenvalue weighted by Crippen LogP contribution is 2.27. The fourth-order valence-corrected chi connectivity index (χ4v) is 2.23. The molecule has 4 heteroatoms. The summed E-state index contributed by atoms with van der Waals surface area (Å²) in [5.41, 5.74) is 0.309. The number of phenolic OH excluding ortho intramolecular Hbond substituents is 1. The second kappa shape index (κ2) is 3.53. The summed E-state index contributed by atoms with van der Waals surface area (Å²) in [6.07, 6.45) is 0.627. The first-order valence-electron chi connectivity index (χ1n) is 2.78. The van der Waals surface area contributed by atoms with Crippen molar-refractivity contribution in [1.29, 1.82) is 0 Å². The van der Waals surface area contributed by atoms with E-state index >= 15 is 0 Å². The summed E-state index contributed by atoms with van der Waals surface area (Å²) >= 11 is 5.17. The Kier molecular flexibility index (Phi) is 2.89. The number of benzene rings is 1. The van der Waals surface area contributed by atoms with E-state index < -0.39 is 0 Å². The zero-order valence-electron chi connectivity index (χ0n) is 5.34. The third kappa shape index (κ3) is 1.93. The molecular formula is C7H4BrIO2. The lowest BCUT2D eigenvalue weighted by Crippen LogP contribution is -1.84. The van der Waals surface area contributed by atoms with Crippen LogP contribution in [0, 0.1) is 3.57 Å². The normalized spacial score (nSPS) is 9.64. The largest absolute Gasteiger partial charge is 0.506 e. The van der Waals surface area contributed by atoms with Gasteiger partial charge in [0.25, 0.3) is 0 Å². The van der Waals surface area contributed by atoms with Crippen LogP contribution >= 0.6 is 38.5 Å². The van der Waals surface area contributed by atoms with Crippen LogP contribution in [0.2, 0.25) is 0 Å². The van der Waals surface area contributed by atoms with Crippen molar-refractivity contribution in [1.82, 2.24) is 0 Å². The third-order valence-corrected chi connectivity index (χ3v) is 2.46. The smallest absolute Gasteiger partial charge is 0.153 e. The van der Waals surface area contributed by atoms with Crippen molar-refractivity contribution < 1.29 is 9.90 Å². The van der Waals surface area contributed by atoms with Crippen LogP contribution in [0.5, 0.6) is 5.75 Å². The van der Waals surface area contributed by atoms with Gasteiger partial charge in [-0.05, 0) is 34.7 Å². The third-order valence-electron chi connectivity index (χ3n) is 1.18. The predicted molar refractivity (Wildman–Crippen MR) is 53.9 cm³/mol. The fourth-order valence-electron chi connectivity index (χ4n) is 0.676. The summed E-state index contributed by atoms with van der Waals surface area (Å²) < 4.78 is 1.46. The van der Waals surface area contributed by atoms with Gasteiger partial charge in [0.2, 0.25) is 0 Å². The van der Waals surface area contributed by atoms with Crippen LogP contribution in [0.15, 0.2) is 16.6 Å². The van der Waals surface area contributed by atoms with E-state index in [2.05, 4.69) is 15.9 Å². The molecule has 1 aromatic rings. The topological polar surface area (TPSA) is 37.3 Å². The van der Waals surface area contributed by atoms with Gasteiger partial charge in [0.1, 0.15) is 5.75 Å². The second-order valence-electron chi connectivity index (χ2n) is 1.94. The average Bonchev–Trinajstić information content (AvgIpc) is 1.96. The first kappa shape index (κ1) is 8.99. The maximum atomic E-state index is 10.3. The molecule has 0 unspecified atom stereocenters. The number of aromatic hydroxyl groups is 1. The highest BCUT2D eigenvalue weighted by Gasteiger charge is 2.04. The van der Waals surface area contributed by atoms with Gasteiger partial charge in [-0.2, -0.15) is 0 Å². The van der Waals surface area contributed by atoms with Crippen LogP contribution in [0.25, 0.3) is 0 Å². The molecule has 2 nitrogen and oxygen atoms in total. The van der Waals surface area contributed by atoms with Gasteiger partial charge < -0.3 is 5.11 Å². The molecule has 0 radical (unpaired) electrons. The summed E-state index contributed by atoms with van der Waals surface area (Å²) in [6.45, 7) is 0. The molecule has 0 heterocycles. The molecule has 1 N–H and O–H groups in total. The number of halogens is 2. The number of rotatable bonds is 1. The number of carbonyl (C=O) groups is 1. The van der Waals surface area contributed by atoms with Gasteiger partial charge in [-0.25, -0.2) is 0 Å². The Morgan fingerprint density at radius 1 is 1.55 bits per heavy atom. The average molecular weight is 327 g/mol. The molecule has 0 amide bonds. The lowest BCUT2D eigenvalue weighted by molar-refractivity contribution is 0.112. The van der Waals surface area contributed by atoms with Gasteiger partial charge in [-0.3, -0.25) is 4.79 Å². The minimum atomic E-state index is 0.0452. The van der Waals surface area contributed by atoms with E-state index in [9.17, 15) is 9.90 Å². The Morgan fingerprint density at radius 2 is 2.18 bits per heavy atom. The van der Waals surface area contributed by atoms with Crippen molar-refractivity contribution in [2.45, 2.75) is 0 Å². The molecule has 0 aromatic heterocycles. The molecule has 0 bridgehead atoms. The summed E-state index contributed by atoms with van der Waals surface area (Å²) in [7, 11) is 0. The molecule has 1 aromatic carbocycles. The Balaban J connectivity index is 3.35. The van der Waals surface area contributed by atoms with Crippen LogP contribution in [0.3, 0.4) is 0 Å². The lowest BCUT2D eigenvalue weighted by Gasteiger charge is -2.00. The van der Waals surface area contributed by atoms with Gasteiger partial charge in [-0.15, -0.1) is 0 Å². The van der Waals surface area contributed by atoms with Crippen LogP contribution in [-0.4, -0.2) is 11.4 Å². The van der Waals surface area contributed by atoms with E-state index in [-0.39, 0.29) is 5.75 Å². The molecule has 11 heavy (non-hydrogen) atoms. The Morgan fingerprint density at radius 3 is 2.73 bits per heavy atom. The Bertz CT molecular complexity index is 299. The molecule has 0 spiro atoms. The second-order valence-corrected chi connectivity index (χ2v) is 4.02. The molecule has 58 valence electrons. The van der Waals surface area contributed by atoms with Crippen LogP contribution < -0.4 is 0 Å². The van der Waals surface area contributed by atoms with E-state index in [1.54, 1.807) is 12.1 Å². The van der Waals surface area contributed by atoms with Gasteiger partial charge in [-0.1, -0.05) is 15.9 Å². The summed E-state index contributed by atoms with van der Waals surface area (Å²) in [6, 6.07) is 3.31. The highest BCUT2D eigenvalue weighted by molar-refractivity contribution is 14.1. The van der Waals surface area contributed by atoms with E-state index in [1.807, 2.05) is 22.6 Å². The minimum Gasteiger partial charge on any atom is -0.506 e. The highest BCUT2D eigenvalue weighted by atomic mass is 127. The van der Waals surface area contributed by atoms with Gasteiger partial charge in [0.15, 0.2) is 6.29 Å². The summed E-state index contributed by atoms with van der Waals surface area (Å²) in [4.78, 5) is 10.3. The van der Waals surface area contributed by atoms with Crippen molar-refractivity contribution >= 4 is 44.8 Å². The van der Waals surface area contributed by atoms with E-state index in [4.69, 9.17) is 0 Å². The van der Waals surface area contributed by atoms with Gasteiger partial charge in [0, 0.05) is 4.47 Å². The molecule has 0 aliphatic rings. The van der Waals surface area contributed by atoms with E-state index in [1.165, 1.54) is 0 Å². The van der Waals surface area contributed by atoms with Crippen LogP contribution in [-0.2, 0) is 0 Å². The molecule has 0 saturated carbocycles. The van der Waals surface area contributed by atoms with E-state index in [0.29, 0.717) is 15.4 Å². The first-order valence-corrected chi connectivity index (χ1v) is 4.65. The van der Waals surface area contributed by atoms with Gasteiger partial charge >= 0.3 is 0 Å². The maximum absolute atomic E-state index is 10.3. The maximum Gasteiger partial charge on any atom is 0.153 e. The zero-order valence-corrected chi connectivity index (χ0v) is 9.09. The van der Waals surface area contributed by atoms with Crippen LogP contribution in [0.4, 0.5) is 0 Å². The van der Waals surface area contributed by atoms with Gasteiger partial charge in [0.05, 0.1) is 9.13 Å². The molecule has 0 aliphatic heterocycles. The lowest BCUT2D eigenvalue weighted by atomic mass is 10.2. The Labute approximate surface area is 85.9 Å². The quantitative estimate of drug-likeness (QED) is 0.636. The van der Waals surface area contributed by atoms with Crippen molar-refractivity contribution in [2.75, 3.05) is 0 Å². The number of aldehydes is 1. The molecule has 1 rings (SSSR count). The summed E-state index contributed by atoms with van der Waals surface area (Å²) in [5, 5.41) is 9.26. The number of carbonyl (C=O) groups excluding carboxylic acids is 1. The molecule has 0 aliphatic carbocycles. The minimum absolute atomic E-state index is 0.0452.